The summed E-state index contributed by atoms with van der Waals surface area (Å²) in [5.74, 6) is 0.191. The van der Waals surface area contributed by atoms with Gasteiger partial charge in [0.2, 0.25) is 0 Å². The van der Waals surface area contributed by atoms with E-state index in [1.54, 1.807) is 20.1 Å². The Labute approximate surface area is 134 Å². The van der Waals surface area contributed by atoms with Gasteiger partial charge in [0.15, 0.2) is 6.04 Å². The quantitative estimate of drug-likeness (QED) is 0.766. The van der Waals surface area contributed by atoms with Gasteiger partial charge in [-0.2, -0.15) is 5.10 Å². The molecule has 1 atom stereocenters. The number of benzene rings is 1. The van der Waals surface area contributed by atoms with Crippen LogP contribution in [0.2, 0.25) is 0 Å². The summed E-state index contributed by atoms with van der Waals surface area (Å²) in [6.07, 6.45) is 0.418. The maximum atomic E-state index is 12.1. The van der Waals surface area contributed by atoms with Crippen LogP contribution in [0.15, 0.2) is 41.2 Å². The van der Waals surface area contributed by atoms with Gasteiger partial charge in [0.05, 0.1) is 19.4 Å². The number of esters is 1. The van der Waals surface area contributed by atoms with Crippen molar-refractivity contribution in [3.05, 3.63) is 46.8 Å². The number of methoxy groups -OCH3 is 1. The van der Waals surface area contributed by atoms with Gasteiger partial charge >= 0.3 is 5.97 Å². The van der Waals surface area contributed by atoms with Gasteiger partial charge in [-0.05, 0) is 31.5 Å². The van der Waals surface area contributed by atoms with E-state index < -0.39 is 12.0 Å². The van der Waals surface area contributed by atoms with Crippen molar-refractivity contribution in [2.45, 2.75) is 26.3 Å². The molecule has 0 unspecified atom stereocenters. The van der Waals surface area contributed by atoms with Crippen LogP contribution in [0.1, 0.15) is 26.3 Å². The minimum absolute atomic E-state index is 0.260. The van der Waals surface area contributed by atoms with Gasteiger partial charge in [-0.25, -0.2) is 9.48 Å². The summed E-state index contributed by atoms with van der Waals surface area (Å²) in [6.45, 7) is 3.80. The molecule has 0 bridgehead atoms. The first-order chi connectivity index (χ1) is 11.1. The summed E-state index contributed by atoms with van der Waals surface area (Å²) in [7, 11) is 1.57. The normalized spacial score (nSPS) is 11.8. The van der Waals surface area contributed by atoms with Crippen LogP contribution in [0, 0.1) is 0 Å². The van der Waals surface area contributed by atoms with Crippen LogP contribution >= 0.6 is 0 Å². The average Bonchev–Trinajstić information content (AvgIpc) is 2.57. The van der Waals surface area contributed by atoms with E-state index in [0.717, 1.165) is 5.56 Å². The molecule has 0 saturated heterocycles. The molecule has 1 aromatic heterocycles. The van der Waals surface area contributed by atoms with E-state index in [1.807, 2.05) is 31.2 Å². The van der Waals surface area contributed by atoms with Gasteiger partial charge in [0.1, 0.15) is 5.75 Å². The van der Waals surface area contributed by atoms with Crippen molar-refractivity contribution in [3.63, 3.8) is 0 Å². The molecule has 0 aliphatic heterocycles. The van der Waals surface area contributed by atoms with Crippen molar-refractivity contribution in [2.24, 2.45) is 0 Å². The third-order valence-electron chi connectivity index (χ3n) is 3.45. The predicted octanol–water partition coefficient (Wildman–Crippen LogP) is 2.43. The fourth-order valence-electron chi connectivity index (χ4n) is 2.33. The lowest BCUT2D eigenvalue weighted by Gasteiger charge is -2.16. The Morgan fingerprint density at radius 2 is 1.96 bits per heavy atom. The largest absolute Gasteiger partial charge is 0.496 e. The van der Waals surface area contributed by atoms with Crippen molar-refractivity contribution in [1.82, 2.24) is 9.78 Å². The van der Waals surface area contributed by atoms with Gasteiger partial charge < -0.3 is 9.47 Å². The zero-order chi connectivity index (χ0) is 16.8. The zero-order valence-electron chi connectivity index (χ0n) is 13.5. The molecule has 2 aromatic rings. The Morgan fingerprint density at radius 3 is 2.61 bits per heavy atom. The minimum Gasteiger partial charge on any atom is -0.496 e. The Bertz CT molecular complexity index is 739. The maximum absolute atomic E-state index is 12.1. The highest BCUT2D eigenvalue weighted by molar-refractivity contribution is 5.74. The number of hydrogen-bond donors (Lipinski definition) is 0. The zero-order valence-corrected chi connectivity index (χ0v) is 13.5. The Hall–Kier alpha value is -2.63. The SMILES string of the molecule is CCOC(=O)[C@@H](CC)n1nc(-c2ccccc2OC)ccc1=O. The van der Waals surface area contributed by atoms with Crippen LogP contribution in [-0.4, -0.2) is 29.5 Å². The second-order valence-corrected chi connectivity index (χ2v) is 4.88. The van der Waals surface area contributed by atoms with E-state index in [1.165, 1.54) is 10.7 Å². The van der Waals surface area contributed by atoms with Crippen LogP contribution in [0.3, 0.4) is 0 Å². The smallest absolute Gasteiger partial charge is 0.331 e. The first-order valence-electron chi connectivity index (χ1n) is 7.52. The molecule has 0 amide bonds. The molecule has 0 aliphatic rings. The van der Waals surface area contributed by atoms with Crippen molar-refractivity contribution < 1.29 is 14.3 Å². The molecule has 0 saturated carbocycles. The fourth-order valence-corrected chi connectivity index (χ4v) is 2.33. The van der Waals surface area contributed by atoms with Crippen LogP contribution in [-0.2, 0) is 9.53 Å². The highest BCUT2D eigenvalue weighted by Crippen LogP contribution is 2.27. The van der Waals surface area contributed by atoms with Crippen molar-refractivity contribution in [1.29, 1.82) is 0 Å². The lowest BCUT2D eigenvalue weighted by atomic mass is 10.1. The van der Waals surface area contributed by atoms with Crippen LogP contribution < -0.4 is 10.3 Å². The second-order valence-electron chi connectivity index (χ2n) is 4.88. The second kappa shape index (κ2) is 7.58. The third kappa shape index (κ3) is 3.59. The number of carbonyl (C=O) groups excluding carboxylic acids is 1. The number of aromatic nitrogens is 2. The molecule has 0 aliphatic carbocycles. The number of carbonyl (C=O) groups is 1. The molecule has 0 radical (unpaired) electrons. The number of para-hydroxylation sites is 1. The first-order valence-corrected chi connectivity index (χ1v) is 7.52. The van der Waals surface area contributed by atoms with E-state index in [2.05, 4.69) is 5.10 Å². The highest BCUT2D eigenvalue weighted by Gasteiger charge is 2.22. The van der Waals surface area contributed by atoms with Gasteiger partial charge in [0, 0.05) is 11.6 Å². The molecule has 2 rings (SSSR count). The van der Waals surface area contributed by atoms with Crippen molar-refractivity contribution in [2.75, 3.05) is 13.7 Å². The molecule has 0 N–H and O–H groups in total. The molecule has 0 fully saturated rings. The van der Waals surface area contributed by atoms with Gasteiger partial charge in [-0.1, -0.05) is 19.1 Å². The van der Waals surface area contributed by atoms with Gasteiger partial charge in [-0.15, -0.1) is 0 Å². The first kappa shape index (κ1) is 16.7. The molecular weight excluding hydrogens is 296 g/mol. The molecule has 0 spiro atoms. The number of rotatable bonds is 6. The molecule has 1 aromatic carbocycles. The van der Waals surface area contributed by atoms with Gasteiger partial charge in [-0.3, -0.25) is 4.79 Å². The van der Waals surface area contributed by atoms with Gasteiger partial charge in [0.25, 0.3) is 5.56 Å². The Balaban J connectivity index is 2.50. The molecule has 23 heavy (non-hydrogen) atoms. The lowest BCUT2D eigenvalue weighted by molar-refractivity contribution is -0.147. The average molecular weight is 316 g/mol. The topological polar surface area (TPSA) is 70.4 Å². The minimum atomic E-state index is -0.739. The van der Waals surface area contributed by atoms with Crippen molar-refractivity contribution in [3.8, 4) is 17.0 Å². The van der Waals surface area contributed by atoms with Crippen molar-refractivity contribution >= 4 is 5.97 Å². The summed E-state index contributed by atoms with van der Waals surface area (Å²) in [4.78, 5) is 24.2. The Morgan fingerprint density at radius 1 is 1.22 bits per heavy atom. The number of hydrogen-bond acceptors (Lipinski definition) is 5. The van der Waals surface area contributed by atoms with E-state index in [9.17, 15) is 9.59 Å². The highest BCUT2D eigenvalue weighted by atomic mass is 16.5. The summed E-state index contributed by atoms with van der Waals surface area (Å²) >= 11 is 0. The third-order valence-corrected chi connectivity index (χ3v) is 3.45. The summed E-state index contributed by atoms with van der Waals surface area (Å²) in [5, 5.41) is 4.35. The summed E-state index contributed by atoms with van der Waals surface area (Å²) < 4.78 is 11.5. The molecular formula is C17H20N2O4. The molecule has 122 valence electrons. The number of nitrogens with zero attached hydrogens (tertiary/aromatic N) is 2. The Kier molecular flexibility index (Phi) is 5.51. The monoisotopic (exact) mass is 316 g/mol. The van der Waals surface area contributed by atoms with Crippen LogP contribution in [0.4, 0.5) is 0 Å². The summed E-state index contributed by atoms with van der Waals surface area (Å²) in [6, 6.07) is 9.66. The van der Waals surface area contributed by atoms with E-state index >= 15 is 0 Å². The van der Waals surface area contributed by atoms with Crippen LogP contribution in [0.25, 0.3) is 11.3 Å². The molecule has 6 heteroatoms. The fraction of sp³-hybridized carbons (Fsp3) is 0.353. The molecule has 6 nitrogen and oxygen atoms in total. The number of ether oxygens (including phenoxy) is 2. The standard InChI is InChI=1S/C17H20N2O4/c1-4-14(17(21)23-5-2)19-16(20)11-10-13(18-19)12-8-6-7-9-15(12)22-3/h6-11,14H,4-5H2,1-3H3/t14-/m1/s1. The van der Waals surface area contributed by atoms with E-state index in [0.29, 0.717) is 17.9 Å². The van der Waals surface area contributed by atoms with E-state index in [-0.39, 0.29) is 12.2 Å². The van der Waals surface area contributed by atoms with Crippen LogP contribution in [0.5, 0.6) is 5.75 Å². The summed E-state index contributed by atoms with van der Waals surface area (Å²) in [5.41, 5.74) is 0.968. The predicted molar refractivity (Wildman–Crippen MR) is 86.4 cm³/mol. The molecule has 1 heterocycles. The maximum Gasteiger partial charge on any atom is 0.331 e. The van der Waals surface area contributed by atoms with E-state index in [4.69, 9.17) is 9.47 Å². The lowest BCUT2D eigenvalue weighted by Crippen LogP contribution is -2.32.